The lowest BCUT2D eigenvalue weighted by Crippen LogP contribution is -2.38. The van der Waals surface area contributed by atoms with Crippen molar-refractivity contribution in [2.45, 2.75) is 38.4 Å². The average Bonchev–Trinajstić information content (AvgIpc) is 3.17. The van der Waals surface area contributed by atoms with Gasteiger partial charge < -0.3 is 29.3 Å². The Labute approximate surface area is 150 Å². The van der Waals surface area contributed by atoms with E-state index in [2.05, 4.69) is 15.6 Å². The van der Waals surface area contributed by atoms with Crippen LogP contribution < -0.4 is 10.6 Å². The van der Waals surface area contributed by atoms with Crippen LogP contribution in [0.3, 0.4) is 0 Å². The standard InChI is InChI=1S/C18H31N3O4/c1-19-18(20-8-3-10-23-15-17-5-2-11-25-17)21-9-4-12-24-16-6-13-22-14-7-16/h2,5,11,16H,3-4,6-10,12-15H2,1H3,(H2,19,20,21). The molecule has 7 nitrogen and oxygen atoms in total. The van der Waals surface area contributed by atoms with Crippen LogP contribution in [0.15, 0.2) is 27.8 Å². The molecule has 0 bridgehead atoms. The molecular formula is C18H31N3O4. The van der Waals surface area contributed by atoms with Crippen LogP contribution in [0.25, 0.3) is 0 Å². The second-order valence-electron chi connectivity index (χ2n) is 5.95. The van der Waals surface area contributed by atoms with Crippen molar-refractivity contribution in [3.8, 4) is 0 Å². The molecule has 25 heavy (non-hydrogen) atoms. The van der Waals surface area contributed by atoms with E-state index in [9.17, 15) is 0 Å². The number of guanidine groups is 1. The molecule has 1 aromatic heterocycles. The summed E-state index contributed by atoms with van der Waals surface area (Å²) in [4.78, 5) is 4.22. The summed E-state index contributed by atoms with van der Waals surface area (Å²) in [7, 11) is 1.78. The van der Waals surface area contributed by atoms with Crippen molar-refractivity contribution < 1.29 is 18.6 Å². The number of rotatable bonds is 11. The Bertz CT molecular complexity index is 459. The van der Waals surface area contributed by atoms with Gasteiger partial charge in [0.25, 0.3) is 0 Å². The molecule has 2 rings (SSSR count). The second-order valence-corrected chi connectivity index (χ2v) is 5.95. The van der Waals surface area contributed by atoms with Crippen LogP contribution in [0.5, 0.6) is 0 Å². The third-order valence-electron chi connectivity index (χ3n) is 3.94. The van der Waals surface area contributed by atoms with Gasteiger partial charge >= 0.3 is 0 Å². The molecule has 7 heteroatoms. The summed E-state index contributed by atoms with van der Waals surface area (Å²) in [5, 5.41) is 6.58. The summed E-state index contributed by atoms with van der Waals surface area (Å²) in [6, 6.07) is 3.78. The van der Waals surface area contributed by atoms with Crippen molar-refractivity contribution >= 4 is 5.96 Å². The minimum atomic E-state index is 0.368. The molecule has 0 spiro atoms. The second kappa shape index (κ2) is 12.7. The maximum atomic E-state index is 5.85. The van der Waals surface area contributed by atoms with E-state index in [0.29, 0.717) is 19.3 Å². The summed E-state index contributed by atoms with van der Waals surface area (Å²) in [6.45, 7) is 5.29. The van der Waals surface area contributed by atoms with Crippen molar-refractivity contribution in [3.05, 3.63) is 24.2 Å². The van der Waals surface area contributed by atoms with E-state index in [4.69, 9.17) is 18.6 Å². The van der Waals surface area contributed by atoms with E-state index in [-0.39, 0.29) is 0 Å². The molecule has 2 N–H and O–H groups in total. The van der Waals surface area contributed by atoms with Crippen molar-refractivity contribution in [3.63, 3.8) is 0 Å². The molecule has 1 saturated heterocycles. The highest BCUT2D eigenvalue weighted by Crippen LogP contribution is 2.10. The fourth-order valence-corrected chi connectivity index (χ4v) is 2.54. The quantitative estimate of drug-likeness (QED) is 0.360. The topological polar surface area (TPSA) is 77.3 Å². The lowest BCUT2D eigenvalue weighted by molar-refractivity contribution is -0.0320. The van der Waals surface area contributed by atoms with Gasteiger partial charge in [-0.05, 0) is 37.8 Å². The zero-order valence-electron chi connectivity index (χ0n) is 15.2. The molecule has 0 amide bonds. The molecular weight excluding hydrogens is 322 g/mol. The van der Waals surface area contributed by atoms with E-state index in [1.165, 1.54) is 0 Å². The Morgan fingerprint density at radius 3 is 2.64 bits per heavy atom. The van der Waals surface area contributed by atoms with Crippen LogP contribution >= 0.6 is 0 Å². The third-order valence-corrected chi connectivity index (χ3v) is 3.94. The van der Waals surface area contributed by atoms with Gasteiger partial charge in [-0.3, -0.25) is 4.99 Å². The zero-order chi connectivity index (χ0) is 17.6. The van der Waals surface area contributed by atoms with Gasteiger partial charge in [0.15, 0.2) is 5.96 Å². The van der Waals surface area contributed by atoms with E-state index in [1.807, 2.05) is 12.1 Å². The first-order valence-corrected chi connectivity index (χ1v) is 9.12. The van der Waals surface area contributed by atoms with Crippen LogP contribution in [0, 0.1) is 0 Å². The maximum Gasteiger partial charge on any atom is 0.190 e. The molecule has 2 heterocycles. The SMILES string of the molecule is CN=C(NCCCOCc1ccco1)NCCCOC1CCOCC1. The van der Waals surface area contributed by atoms with E-state index >= 15 is 0 Å². The smallest absolute Gasteiger partial charge is 0.190 e. The Kier molecular flexibility index (Phi) is 10.1. The first kappa shape index (κ1) is 19.8. The molecule has 1 aliphatic heterocycles. The molecule has 0 saturated carbocycles. The molecule has 0 atom stereocenters. The van der Waals surface area contributed by atoms with Crippen molar-refractivity contribution in [1.29, 1.82) is 0 Å². The van der Waals surface area contributed by atoms with Gasteiger partial charge in [0.2, 0.25) is 0 Å². The zero-order valence-corrected chi connectivity index (χ0v) is 15.2. The first-order chi connectivity index (χ1) is 12.4. The van der Waals surface area contributed by atoms with Crippen molar-refractivity contribution in [2.24, 2.45) is 4.99 Å². The Balaban J connectivity index is 1.41. The van der Waals surface area contributed by atoms with E-state index < -0.39 is 0 Å². The fourth-order valence-electron chi connectivity index (χ4n) is 2.54. The Morgan fingerprint density at radius 2 is 1.96 bits per heavy atom. The predicted octanol–water partition coefficient (Wildman–Crippen LogP) is 1.94. The van der Waals surface area contributed by atoms with Gasteiger partial charge in [-0.15, -0.1) is 0 Å². The lowest BCUT2D eigenvalue weighted by atomic mass is 10.1. The molecule has 1 aromatic rings. The molecule has 0 aromatic carbocycles. The third kappa shape index (κ3) is 8.90. The number of hydrogen-bond donors (Lipinski definition) is 2. The molecule has 142 valence electrons. The van der Waals surface area contributed by atoms with Crippen molar-refractivity contribution in [2.75, 3.05) is 46.6 Å². The van der Waals surface area contributed by atoms with Crippen LogP contribution in [0.2, 0.25) is 0 Å². The number of furan rings is 1. The van der Waals surface area contributed by atoms with Gasteiger partial charge in [0.05, 0.1) is 12.4 Å². The summed E-state index contributed by atoms with van der Waals surface area (Å²) in [5.74, 6) is 1.67. The fraction of sp³-hybridized carbons (Fsp3) is 0.722. The number of aliphatic imine (C=N–C) groups is 1. The van der Waals surface area contributed by atoms with Gasteiger partial charge in [0.1, 0.15) is 12.4 Å². The lowest BCUT2D eigenvalue weighted by Gasteiger charge is -2.22. The highest BCUT2D eigenvalue weighted by Gasteiger charge is 2.13. The van der Waals surface area contributed by atoms with Crippen LogP contribution in [0.1, 0.15) is 31.4 Å². The summed E-state index contributed by atoms with van der Waals surface area (Å²) < 4.78 is 21.9. The number of nitrogens with zero attached hydrogens (tertiary/aromatic N) is 1. The minimum Gasteiger partial charge on any atom is -0.467 e. The monoisotopic (exact) mass is 353 g/mol. The van der Waals surface area contributed by atoms with Gasteiger partial charge in [0, 0.05) is 46.6 Å². The predicted molar refractivity (Wildman–Crippen MR) is 96.8 cm³/mol. The first-order valence-electron chi connectivity index (χ1n) is 9.12. The normalized spacial score (nSPS) is 16.1. The van der Waals surface area contributed by atoms with Gasteiger partial charge in [-0.25, -0.2) is 0 Å². The van der Waals surface area contributed by atoms with Gasteiger partial charge in [-0.2, -0.15) is 0 Å². The number of hydrogen-bond acceptors (Lipinski definition) is 5. The van der Waals surface area contributed by atoms with Crippen LogP contribution in [0.4, 0.5) is 0 Å². The molecule has 1 aliphatic rings. The van der Waals surface area contributed by atoms with Crippen LogP contribution in [-0.2, 0) is 20.8 Å². The Hall–Kier alpha value is -1.57. The molecule has 0 radical (unpaired) electrons. The highest BCUT2D eigenvalue weighted by atomic mass is 16.5. The summed E-state index contributed by atoms with van der Waals surface area (Å²) in [6.07, 6.45) is 5.92. The van der Waals surface area contributed by atoms with E-state index in [0.717, 1.165) is 70.3 Å². The summed E-state index contributed by atoms with van der Waals surface area (Å²) >= 11 is 0. The minimum absolute atomic E-state index is 0.368. The average molecular weight is 353 g/mol. The molecule has 0 unspecified atom stereocenters. The number of nitrogens with one attached hydrogen (secondary N) is 2. The summed E-state index contributed by atoms with van der Waals surface area (Å²) in [5.41, 5.74) is 0. The Morgan fingerprint density at radius 1 is 1.20 bits per heavy atom. The van der Waals surface area contributed by atoms with Gasteiger partial charge in [-0.1, -0.05) is 0 Å². The largest absolute Gasteiger partial charge is 0.467 e. The van der Waals surface area contributed by atoms with E-state index in [1.54, 1.807) is 13.3 Å². The highest BCUT2D eigenvalue weighted by molar-refractivity contribution is 5.79. The number of ether oxygens (including phenoxy) is 3. The maximum absolute atomic E-state index is 5.85. The molecule has 1 fully saturated rings. The van der Waals surface area contributed by atoms with Crippen molar-refractivity contribution in [1.82, 2.24) is 10.6 Å². The van der Waals surface area contributed by atoms with Crippen LogP contribution in [-0.4, -0.2) is 58.6 Å². The molecule has 0 aliphatic carbocycles.